The van der Waals surface area contributed by atoms with Gasteiger partial charge in [-0.05, 0) is 31.6 Å². The molecule has 0 saturated carbocycles. The maximum atomic E-state index is 14.1. The number of benzene rings is 1. The fourth-order valence-electron chi connectivity index (χ4n) is 1.98. The molecule has 2 rings (SSSR count). The zero-order chi connectivity index (χ0) is 15.2. The standard InChI is InChI=1S/C16H19FO4/c1-3-19-15(18)8-7-12-5-4-6-14(17)16(12)11(2)20-9-13-10-21-13/h4-8,11,13H,3,9-10H2,1-2H3/b8-7+. The van der Waals surface area contributed by atoms with E-state index in [4.69, 9.17) is 14.2 Å². The molecule has 0 N–H and O–H groups in total. The van der Waals surface area contributed by atoms with Gasteiger partial charge in [-0.1, -0.05) is 12.1 Å². The Kier molecular flexibility index (Phi) is 5.47. The van der Waals surface area contributed by atoms with E-state index in [2.05, 4.69) is 0 Å². The van der Waals surface area contributed by atoms with Gasteiger partial charge in [0.1, 0.15) is 11.9 Å². The Morgan fingerprint density at radius 1 is 1.57 bits per heavy atom. The van der Waals surface area contributed by atoms with Crippen LogP contribution in [0.25, 0.3) is 6.08 Å². The molecule has 1 heterocycles. The number of ether oxygens (including phenoxy) is 3. The van der Waals surface area contributed by atoms with Gasteiger partial charge in [0.25, 0.3) is 0 Å². The van der Waals surface area contributed by atoms with E-state index < -0.39 is 12.1 Å². The Labute approximate surface area is 123 Å². The van der Waals surface area contributed by atoms with Crippen LogP contribution < -0.4 is 0 Å². The van der Waals surface area contributed by atoms with Crippen molar-refractivity contribution in [3.8, 4) is 0 Å². The number of epoxide rings is 1. The van der Waals surface area contributed by atoms with Crippen molar-refractivity contribution in [2.45, 2.75) is 26.1 Å². The van der Waals surface area contributed by atoms with Crippen LogP contribution in [0.15, 0.2) is 24.3 Å². The lowest BCUT2D eigenvalue weighted by Gasteiger charge is -2.16. The molecule has 0 aliphatic carbocycles. The van der Waals surface area contributed by atoms with Crippen LogP contribution >= 0.6 is 0 Å². The second-order valence-corrected chi connectivity index (χ2v) is 4.76. The van der Waals surface area contributed by atoms with Crippen molar-refractivity contribution >= 4 is 12.0 Å². The molecule has 2 unspecified atom stereocenters. The van der Waals surface area contributed by atoms with Crippen LogP contribution in [-0.2, 0) is 19.0 Å². The van der Waals surface area contributed by atoms with E-state index in [0.29, 0.717) is 30.9 Å². The second kappa shape index (κ2) is 7.33. The van der Waals surface area contributed by atoms with Gasteiger partial charge in [-0.3, -0.25) is 0 Å². The largest absolute Gasteiger partial charge is 0.463 e. The average molecular weight is 294 g/mol. The number of halogens is 1. The molecule has 1 saturated heterocycles. The van der Waals surface area contributed by atoms with E-state index in [0.717, 1.165) is 0 Å². The van der Waals surface area contributed by atoms with Crippen molar-refractivity contribution in [1.82, 2.24) is 0 Å². The van der Waals surface area contributed by atoms with Crippen LogP contribution in [-0.4, -0.2) is 31.9 Å². The first kappa shape index (κ1) is 15.7. The molecule has 1 aliphatic rings. The summed E-state index contributed by atoms with van der Waals surface area (Å²) in [6, 6.07) is 4.71. The van der Waals surface area contributed by atoms with Gasteiger partial charge in [-0.2, -0.15) is 0 Å². The van der Waals surface area contributed by atoms with Crippen molar-refractivity contribution < 1.29 is 23.4 Å². The summed E-state index contributed by atoms with van der Waals surface area (Å²) in [7, 11) is 0. The van der Waals surface area contributed by atoms with Gasteiger partial charge in [0.2, 0.25) is 0 Å². The first-order valence-corrected chi connectivity index (χ1v) is 6.98. The van der Waals surface area contributed by atoms with Crippen LogP contribution in [0.5, 0.6) is 0 Å². The summed E-state index contributed by atoms with van der Waals surface area (Å²) >= 11 is 0. The number of esters is 1. The molecule has 0 spiro atoms. The van der Waals surface area contributed by atoms with E-state index >= 15 is 0 Å². The zero-order valence-corrected chi connectivity index (χ0v) is 12.2. The summed E-state index contributed by atoms with van der Waals surface area (Å²) in [5.41, 5.74) is 1.03. The fourth-order valence-corrected chi connectivity index (χ4v) is 1.98. The highest BCUT2D eigenvalue weighted by molar-refractivity contribution is 5.87. The number of carbonyl (C=O) groups is 1. The molecule has 0 radical (unpaired) electrons. The van der Waals surface area contributed by atoms with E-state index in [1.165, 1.54) is 12.1 Å². The Morgan fingerprint density at radius 3 is 3.00 bits per heavy atom. The first-order chi connectivity index (χ1) is 10.1. The third-order valence-corrected chi connectivity index (χ3v) is 3.11. The molecule has 4 nitrogen and oxygen atoms in total. The molecule has 5 heteroatoms. The fraction of sp³-hybridized carbons (Fsp3) is 0.438. The summed E-state index contributed by atoms with van der Waals surface area (Å²) < 4.78 is 29.5. The smallest absolute Gasteiger partial charge is 0.330 e. The first-order valence-electron chi connectivity index (χ1n) is 6.98. The average Bonchev–Trinajstić information content (AvgIpc) is 3.27. The van der Waals surface area contributed by atoms with E-state index in [1.807, 2.05) is 0 Å². The summed E-state index contributed by atoms with van der Waals surface area (Å²) in [5.74, 6) is -0.808. The molecule has 1 aromatic rings. The van der Waals surface area contributed by atoms with Gasteiger partial charge in [0.05, 0.1) is 25.9 Å². The lowest BCUT2D eigenvalue weighted by Crippen LogP contribution is -2.09. The van der Waals surface area contributed by atoms with Gasteiger partial charge in [0, 0.05) is 11.6 Å². The molecule has 21 heavy (non-hydrogen) atoms. The predicted molar refractivity (Wildman–Crippen MR) is 76.2 cm³/mol. The summed E-state index contributed by atoms with van der Waals surface area (Å²) in [6.45, 7) is 4.95. The SMILES string of the molecule is CCOC(=O)/C=C/c1cccc(F)c1C(C)OCC1CO1. The molecule has 0 bridgehead atoms. The second-order valence-electron chi connectivity index (χ2n) is 4.76. The summed E-state index contributed by atoms with van der Waals surface area (Å²) in [5, 5.41) is 0. The van der Waals surface area contributed by atoms with Gasteiger partial charge in [-0.25, -0.2) is 9.18 Å². The molecule has 1 aliphatic heterocycles. The van der Waals surface area contributed by atoms with Gasteiger partial charge < -0.3 is 14.2 Å². The van der Waals surface area contributed by atoms with Crippen LogP contribution in [0.1, 0.15) is 31.1 Å². The van der Waals surface area contributed by atoms with Crippen molar-refractivity contribution in [1.29, 1.82) is 0 Å². The Balaban J connectivity index is 2.12. The minimum absolute atomic E-state index is 0.123. The topological polar surface area (TPSA) is 48.1 Å². The summed E-state index contributed by atoms with van der Waals surface area (Å²) in [4.78, 5) is 11.4. The van der Waals surface area contributed by atoms with Gasteiger partial charge >= 0.3 is 5.97 Å². The maximum absolute atomic E-state index is 14.1. The lowest BCUT2D eigenvalue weighted by atomic mass is 10.0. The number of hydrogen-bond donors (Lipinski definition) is 0. The number of carbonyl (C=O) groups excluding carboxylic acids is 1. The predicted octanol–water partition coefficient (Wildman–Crippen LogP) is 2.88. The molecule has 2 atom stereocenters. The highest BCUT2D eigenvalue weighted by Gasteiger charge is 2.25. The van der Waals surface area contributed by atoms with Crippen LogP contribution in [0.4, 0.5) is 4.39 Å². The quantitative estimate of drug-likeness (QED) is 0.441. The Morgan fingerprint density at radius 2 is 2.33 bits per heavy atom. The summed E-state index contributed by atoms with van der Waals surface area (Å²) in [6.07, 6.45) is 2.54. The Hall–Kier alpha value is -1.72. The van der Waals surface area contributed by atoms with Crippen molar-refractivity contribution in [3.63, 3.8) is 0 Å². The molecule has 1 fully saturated rings. The minimum Gasteiger partial charge on any atom is -0.463 e. The molecular formula is C16H19FO4. The number of rotatable bonds is 7. The van der Waals surface area contributed by atoms with Crippen molar-refractivity contribution in [2.24, 2.45) is 0 Å². The van der Waals surface area contributed by atoms with Crippen LogP contribution in [0, 0.1) is 5.82 Å². The highest BCUT2D eigenvalue weighted by atomic mass is 19.1. The highest BCUT2D eigenvalue weighted by Crippen LogP contribution is 2.26. The van der Waals surface area contributed by atoms with Gasteiger partial charge in [0.15, 0.2) is 0 Å². The lowest BCUT2D eigenvalue weighted by molar-refractivity contribution is -0.137. The minimum atomic E-state index is -0.451. The van der Waals surface area contributed by atoms with E-state index in [9.17, 15) is 9.18 Å². The van der Waals surface area contributed by atoms with Crippen LogP contribution in [0.2, 0.25) is 0 Å². The Bertz CT molecular complexity index is 523. The van der Waals surface area contributed by atoms with Crippen LogP contribution in [0.3, 0.4) is 0 Å². The zero-order valence-electron chi connectivity index (χ0n) is 12.2. The maximum Gasteiger partial charge on any atom is 0.330 e. The van der Waals surface area contributed by atoms with Gasteiger partial charge in [-0.15, -0.1) is 0 Å². The molecule has 1 aromatic carbocycles. The third kappa shape index (κ3) is 4.65. The molecular weight excluding hydrogens is 275 g/mol. The normalized spacial score (nSPS) is 18.7. The molecule has 114 valence electrons. The van der Waals surface area contributed by atoms with E-state index in [1.54, 1.807) is 32.1 Å². The molecule has 0 amide bonds. The van der Waals surface area contributed by atoms with E-state index in [-0.39, 0.29) is 11.9 Å². The monoisotopic (exact) mass is 294 g/mol. The number of hydrogen-bond acceptors (Lipinski definition) is 4. The third-order valence-electron chi connectivity index (χ3n) is 3.11. The van der Waals surface area contributed by atoms with Crippen molar-refractivity contribution in [2.75, 3.05) is 19.8 Å². The van der Waals surface area contributed by atoms with Crippen molar-refractivity contribution in [3.05, 3.63) is 41.2 Å². The molecule has 0 aromatic heterocycles.